The number of hydrogen-bond acceptors (Lipinski definition) is 4. The number of aromatic nitrogens is 2. The van der Waals surface area contributed by atoms with Gasteiger partial charge in [-0.25, -0.2) is 4.98 Å². The minimum atomic E-state index is -0.0123. The molecule has 0 aliphatic carbocycles. The van der Waals surface area contributed by atoms with Crippen LogP contribution in [0.3, 0.4) is 0 Å². The molecule has 0 saturated carbocycles. The summed E-state index contributed by atoms with van der Waals surface area (Å²) in [7, 11) is 3.63. The van der Waals surface area contributed by atoms with Gasteiger partial charge in [0, 0.05) is 40.0 Å². The first kappa shape index (κ1) is 21.5. The van der Waals surface area contributed by atoms with Crippen molar-refractivity contribution in [2.45, 2.75) is 26.3 Å². The smallest absolute Gasteiger partial charge is 0.274 e. The molecule has 31 heavy (non-hydrogen) atoms. The van der Waals surface area contributed by atoms with Gasteiger partial charge in [0.05, 0.1) is 12.3 Å². The second kappa shape index (κ2) is 9.62. The van der Waals surface area contributed by atoms with E-state index >= 15 is 0 Å². The fraction of sp³-hybridized carbons (Fsp3) is 0.440. The van der Waals surface area contributed by atoms with Crippen LogP contribution >= 0.6 is 0 Å². The highest BCUT2D eigenvalue weighted by atomic mass is 16.5. The van der Waals surface area contributed by atoms with Crippen molar-refractivity contribution < 1.29 is 9.53 Å². The molecule has 6 nitrogen and oxygen atoms in total. The molecule has 1 aliphatic rings. The van der Waals surface area contributed by atoms with E-state index in [0.29, 0.717) is 18.2 Å². The zero-order chi connectivity index (χ0) is 21.8. The summed E-state index contributed by atoms with van der Waals surface area (Å²) in [5.74, 6) is 0.542. The number of nitrogens with zero attached hydrogens (tertiary/aromatic N) is 4. The number of amides is 1. The zero-order valence-corrected chi connectivity index (χ0v) is 18.8. The minimum absolute atomic E-state index is 0.0123. The molecule has 4 rings (SSSR count). The molecule has 0 radical (unpaired) electrons. The molecule has 164 valence electrons. The Balaban J connectivity index is 1.56. The maximum atomic E-state index is 13.4. The number of pyridine rings is 1. The predicted octanol–water partition coefficient (Wildman–Crippen LogP) is 3.43. The van der Waals surface area contributed by atoms with Crippen molar-refractivity contribution >= 4 is 11.6 Å². The zero-order valence-electron chi connectivity index (χ0n) is 18.8. The quantitative estimate of drug-likeness (QED) is 0.560. The van der Waals surface area contributed by atoms with Crippen LogP contribution in [0.1, 0.15) is 33.7 Å². The summed E-state index contributed by atoms with van der Waals surface area (Å²) in [6.45, 7) is 6.23. The van der Waals surface area contributed by atoms with Crippen molar-refractivity contribution in [2.75, 3.05) is 40.4 Å². The van der Waals surface area contributed by atoms with Gasteiger partial charge < -0.3 is 14.0 Å². The van der Waals surface area contributed by atoms with Gasteiger partial charge in [-0.3, -0.25) is 9.69 Å². The number of hydrogen-bond donors (Lipinski definition) is 0. The lowest BCUT2D eigenvalue weighted by molar-refractivity contribution is 0.0789. The number of aryl methyl sites for hydroxylation is 1. The van der Waals surface area contributed by atoms with Crippen LogP contribution in [0.15, 0.2) is 48.7 Å². The molecule has 3 aromatic rings. The van der Waals surface area contributed by atoms with Gasteiger partial charge in [-0.05, 0) is 49.4 Å². The van der Waals surface area contributed by atoms with Crippen molar-refractivity contribution in [3.05, 3.63) is 71.2 Å². The van der Waals surface area contributed by atoms with Gasteiger partial charge in [-0.15, -0.1) is 0 Å². The maximum absolute atomic E-state index is 13.4. The maximum Gasteiger partial charge on any atom is 0.274 e. The number of carbonyl (C=O) groups excluding carboxylic acids is 1. The Hall–Kier alpha value is -2.70. The number of carbonyl (C=O) groups is 1. The molecular formula is C25H32N4O2. The largest absolute Gasteiger partial charge is 0.384 e. The van der Waals surface area contributed by atoms with Gasteiger partial charge in [0.25, 0.3) is 5.91 Å². The van der Waals surface area contributed by atoms with Crippen LogP contribution in [0.4, 0.5) is 0 Å². The first-order valence-electron chi connectivity index (χ1n) is 11.0. The molecule has 0 spiro atoms. The Bertz CT molecular complexity index is 1030. The van der Waals surface area contributed by atoms with Crippen molar-refractivity contribution in [1.82, 2.24) is 19.2 Å². The minimum Gasteiger partial charge on any atom is -0.384 e. The van der Waals surface area contributed by atoms with E-state index in [1.165, 1.54) is 5.56 Å². The van der Waals surface area contributed by atoms with Crippen LogP contribution < -0.4 is 0 Å². The average Bonchev–Trinajstić information content (AvgIpc) is 3.38. The fourth-order valence-corrected chi connectivity index (χ4v) is 4.44. The van der Waals surface area contributed by atoms with Gasteiger partial charge >= 0.3 is 0 Å². The molecule has 1 amide bonds. The molecule has 2 aromatic heterocycles. The summed E-state index contributed by atoms with van der Waals surface area (Å²) in [5.41, 5.74) is 4.72. The second-order valence-corrected chi connectivity index (χ2v) is 8.60. The summed E-state index contributed by atoms with van der Waals surface area (Å²) >= 11 is 0. The van der Waals surface area contributed by atoms with E-state index in [0.717, 1.165) is 56.0 Å². The van der Waals surface area contributed by atoms with E-state index in [9.17, 15) is 4.79 Å². The molecule has 1 atom stereocenters. The summed E-state index contributed by atoms with van der Waals surface area (Å²) < 4.78 is 7.44. The molecule has 0 unspecified atom stereocenters. The SMILES string of the molecule is COC[C@@H]1CCN(Cc2c(C(=O)N(C)CCc3ccccc3)nc3c(C)cccn23)C1. The van der Waals surface area contributed by atoms with Gasteiger partial charge in [0.1, 0.15) is 5.65 Å². The van der Waals surface area contributed by atoms with Gasteiger partial charge in [0.2, 0.25) is 0 Å². The molecule has 0 bridgehead atoms. The monoisotopic (exact) mass is 420 g/mol. The standard InChI is InChI=1S/C25H32N4O2/c1-19-8-7-13-29-22(17-28-15-12-21(16-28)18-31-3)23(26-24(19)29)25(30)27(2)14-11-20-9-5-4-6-10-20/h4-10,13,21H,11-12,14-18H2,1-3H3/t21-/m1/s1. The van der Waals surface area contributed by atoms with Crippen molar-refractivity contribution in [3.63, 3.8) is 0 Å². The lowest BCUT2D eigenvalue weighted by atomic mass is 10.1. The van der Waals surface area contributed by atoms with E-state index in [4.69, 9.17) is 9.72 Å². The van der Waals surface area contributed by atoms with Crippen LogP contribution in [0.2, 0.25) is 0 Å². The molecule has 1 aliphatic heterocycles. The number of likely N-dealkylation sites (N-methyl/N-ethyl adjacent to an activating group) is 1. The Morgan fingerprint density at radius 1 is 1.23 bits per heavy atom. The fourth-order valence-electron chi connectivity index (χ4n) is 4.44. The number of benzene rings is 1. The van der Waals surface area contributed by atoms with Crippen LogP contribution in [0.5, 0.6) is 0 Å². The number of imidazole rings is 1. The van der Waals surface area contributed by atoms with Gasteiger partial charge in [-0.2, -0.15) is 0 Å². The lowest BCUT2D eigenvalue weighted by Gasteiger charge is -2.19. The van der Waals surface area contributed by atoms with Crippen molar-refractivity contribution in [3.8, 4) is 0 Å². The van der Waals surface area contributed by atoms with Crippen molar-refractivity contribution in [1.29, 1.82) is 0 Å². The first-order valence-corrected chi connectivity index (χ1v) is 11.0. The number of rotatable bonds is 8. The summed E-state index contributed by atoms with van der Waals surface area (Å²) in [5, 5.41) is 0. The van der Waals surface area contributed by atoms with Crippen LogP contribution in [0, 0.1) is 12.8 Å². The number of ether oxygens (including phenoxy) is 1. The summed E-state index contributed by atoms with van der Waals surface area (Å²) in [6.07, 6.45) is 3.98. The van der Waals surface area contributed by atoms with Crippen LogP contribution in [0.25, 0.3) is 5.65 Å². The molecule has 1 fully saturated rings. The number of fused-ring (bicyclic) bond motifs is 1. The first-order chi connectivity index (χ1) is 15.1. The lowest BCUT2D eigenvalue weighted by Crippen LogP contribution is -2.31. The molecule has 1 aromatic carbocycles. The topological polar surface area (TPSA) is 50.1 Å². The summed E-state index contributed by atoms with van der Waals surface area (Å²) in [6, 6.07) is 14.4. The highest BCUT2D eigenvalue weighted by Gasteiger charge is 2.27. The van der Waals surface area contributed by atoms with Crippen LogP contribution in [-0.4, -0.2) is 65.5 Å². The van der Waals surface area contributed by atoms with Gasteiger partial charge in [-0.1, -0.05) is 36.4 Å². The third-order valence-electron chi connectivity index (χ3n) is 6.22. The van der Waals surface area contributed by atoms with Gasteiger partial charge in [0.15, 0.2) is 5.69 Å². The van der Waals surface area contributed by atoms with Crippen molar-refractivity contribution in [2.24, 2.45) is 5.92 Å². The molecular weight excluding hydrogens is 388 g/mol. The average molecular weight is 421 g/mol. The number of likely N-dealkylation sites (tertiary alicyclic amines) is 1. The molecule has 0 N–H and O–H groups in total. The van der Waals surface area contributed by atoms with E-state index < -0.39 is 0 Å². The molecule has 6 heteroatoms. The van der Waals surface area contributed by atoms with Crippen LogP contribution in [-0.2, 0) is 17.7 Å². The Morgan fingerprint density at radius 2 is 2.03 bits per heavy atom. The Morgan fingerprint density at radius 3 is 2.81 bits per heavy atom. The third-order valence-corrected chi connectivity index (χ3v) is 6.22. The van der Waals surface area contributed by atoms with E-state index in [1.807, 2.05) is 50.5 Å². The Kier molecular flexibility index (Phi) is 6.68. The third kappa shape index (κ3) is 4.81. The Labute approximate surface area is 184 Å². The van der Waals surface area contributed by atoms with E-state index in [1.54, 1.807) is 12.0 Å². The molecule has 3 heterocycles. The summed E-state index contributed by atoms with van der Waals surface area (Å²) in [4.78, 5) is 22.4. The van der Waals surface area contributed by atoms with E-state index in [-0.39, 0.29) is 5.91 Å². The molecule has 1 saturated heterocycles. The highest BCUT2D eigenvalue weighted by Crippen LogP contribution is 2.23. The normalized spacial score (nSPS) is 16.8. The number of methoxy groups -OCH3 is 1. The highest BCUT2D eigenvalue weighted by molar-refractivity contribution is 5.94. The predicted molar refractivity (Wildman–Crippen MR) is 122 cm³/mol. The van der Waals surface area contributed by atoms with E-state index in [2.05, 4.69) is 21.4 Å². The second-order valence-electron chi connectivity index (χ2n) is 8.60.